The number of hydrogen-bond donors (Lipinski definition) is 0. The average molecular weight is 260 g/mol. The van der Waals surface area contributed by atoms with Crippen molar-refractivity contribution in [3.63, 3.8) is 0 Å². The molecule has 2 rings (SSSR count). The van der Waals surface area contributed by atoms with E-state index in [-0.39, 0.29) is 0 Å². The zero-order chi connectivity index (χ0) is 13.0. The van der Waals surface area contributed by atoms with Gasteiger partial charge in [0, 0.05) is 6.42 Å². The molecular weight excluding hydrogens is 240 g/mol. The Hall–Kier alpha value is -1.28. The molecule has 0 saturated heterocycles. The minimum absolute atomic E-state index is 0.546. The van der Waals surface area contributed by atoms with Crippen LogP contribution in [0, 0.1) is 6.92 Å². The molecule has 1 aromatic heterocycles. The van der Waals surface area contributed by atoms with Gasteiger partial charge in [0.1, 0.15) is 5.75 Å². The van der Waals surface area contributed by atoms with E-state index in [2.05, 4.69) is 55.8 Å². The van der Waals surface area contributed by atoms with Crippen LogP contribution in [0.3, 0.4) is 0 Å². The van der Waals surface area contributed by atoms with Crippen molar-refractivity contribution in [2.24, 2.45) is 0 Å². The highest BCUT2D eigenvalue weighted by atomic mass is 32.1. The Balaban J connectivity index is 1.97. The highest BCUT2D eigenvalue weighted by Gasteiger charge is 2.05. The maximum absolute atomic E-state index is 5.91. The average Bonchev–Trinajstić information content (AvgIpc) is 2.84. The molecule has 0 fully saturated rings. The second-order valence-electron chi connectivity index (χ2n) is 4.91. The fourth-order valence-corrected chi connectivity index (χ4v) is 2.55. The molecular formula is C16H20OS. The van der Waals surface area contributed by atoms with Crippen molar-refractivity contribution in [1.82, 2.24) is 0 Å². The predicted octanol–water partition coefficient (Wildman–Crippen LogP) is 4.80. The van der Waals surface area contributed by atoms with Crippen LogP contribution in [-0.4, -0.2) is 6.61 Å². The third-order valence-electron chi connectivity index (χ3n) is 3.11. The number of rotatable bonds is 5. The van der Waals surface area contributed by atoms with Gasteiger partial charge in [-0.05, 0) is 52.4 Å². The third kappa shape index (κ3) is 3.36. The Labute approximate surface area is 113 Å². The summed E-state index contributed by atoms with van der Waals surface area (Å²) < 4.78 is 5.91. The molecule has 0 aliphatic carbocycles. The van der Waals surface area contributed by atoms with Gasteiger partial charge in [-0.1, -0.05) is 26.0 Å². The quantitative estimate of drug-likeness (QED) is 0.750. The number of hydrogen-bond acceptors (Lipinski definition) is 2. The molecule has 1 nitrogen and oxygen atoms in total. The predicted molar refractivity (Wildman–Crippen MR) is 78.8 cm³/mol. The van der Waals surface area contributed by atoms with Crippen LogP contribution in [0.5, 0.6) is 5.75 Å². The van der Waals surface area contributed by atoms with Crippen LogP contribution in [-0.2, 0) is 6.42 Å². The summed E-state index contributed by atoms with van der Waals surface area (Å²) in [4.78, 5) is 0. The Bertz CT molecular complexity index is 486. The fraction of sp³-hybridized carbons (Fsp3) is 0.375. The molecule has 0 saturated carbocycles. The standard InChI is InChI=1S/C16H20OS/c1-12(2)15-5-4-13(3)16(10-15)17-8-6-14-7-9-18-11-14/h4-5,7,9-12H,6,8H2,1-3H3. The Morgan fingerprint density at radius 1 is 1.22 bits per heavy atom. The molecule has 1 heterocycles. The van der Waals surface area contributed by atoms with E-state index in [0.29, 0.717) is 5.92 Å². The normalized spacial score (nSPS) is 10.9. The van der Waals surface area contributed by atoms with Crippen molar-refractivity contribution in [2.45, 2.75) is 33.1 Å². The smallest absolute Gasteiger partial charge is 0.122 e. The van der Waals surface area contributed by atoms with Crippen LogP contribution in [0.1, 0.15) is 36.5 Å². The lowest BCUT2D eigenvalue weighted by Gasteiger charge is -2.12. The monoisotopic (exact) mass is 260 g/mol. The first-order valence-corrected chi connectivity index (χ1v) is 7.35. The summed E-state index contributed by atoms with van der Waals surface area (Å²) in [6.07, 6.45) is 0.981. The molecule has 0 unspecified atom stereocenters. The molecule has 0 bridgehead atoms. The fourth-order valence-electron chi connectivity index (χ4n) is 1.85. The van der Waals surface area contributed by atoms with Crippen molar-refractivity contribution in [3.05, 3.63) is 51.7 Å². The van der Waals surface area contributed by atoms with Crippen LogP contribution in [0.25, 0.3) is 0 Å². The second kappa shape index (κ2) is 6.05. The van der Waals surface area contributed by atoms with E-state index in [1.807, 2.05) is 0 Å². The maximum Gasteiger partial charge on any atom is 0.122 e. The van der Waals surface area contributed by atoms with Crippen molar-refractivity contribution in [1.29, 1.82) is 0 Å². The number of aryl methyl sites for hydroxylation is 1. The lowest BCUT2D eigenvalue weighted by Crippen LogP contribution is -2.02. The molecule has 0 N–H and O–H groups in total. The van der Waals surface area contributed by atoms with Gasteiger partial charge < -0.3 is 4.74 Å². The molecule has 0 radical (unpaired) electrons. The molecule has 96 valence electrons. The lowest BCUT2D eigenvalue weighted by atomic mass is 10.0. The van der Waals surface area contributed by atoms with E-state index < -0.39 is 0 Å². The van der Waals surface area contributed by atoms with Gasteiger partial charge >= 0.3 is 0 Å². The Morgan fingerprint density at radius 3 is 2.72 bits per heavy atom. The van der Waals surface area contributed by atoms with E-state index in [0.717, 1.165) is 18.8 Å². The SMILES string of the molecule is Cc1ccc(C(C)C)cc1OCCc1ccsc1. The summed E-state index contributed by atoms with van der Waals surface area (Å²) in [7, 11) is 0. The number of ether oxygens (including phenoxy) is 1. The van der Waals surface area contributed by atoms with Gasteiger partial charge in [-0.2, -0.15) is 11.3 Å². The highest BCUT2D eigenvalue weighted by Crippen LogP contribution is 2.24. The molecule has 1 aromatic carbocycles. The van der Waals surface area contributed by atoms with Crippen molar-refractivity contribution in [3.8, 4) is 5.75 Å². The first kappa shape index (κ1) is 13.2. The van der Waals surface area contributed by atoms with Crippen LogP contribution in [0.15, 0.2) is 35.0 Å². The summed E-state index contributed by atoms with van der Waals surface area (Å²) in [6.45, 7) is 7.27. The molecule has 0 atom stereocenters. The third-order valence-corrected chi connectivity index (χ3v) is 3.84. The van der Waals surface area contributed by atoms with Crippen molar-refractivity contribution < 1.29 is 4.74 Å². The van der Waals surface area contributed by atoms with E-state index in [9.17, 15) is 0 Å². The highest BCUT2D eigenvalue weighted by molar-refractivity contribution is 7.07. The summed E-state index contributed by atoms with van der Waals surface area (Å²) in [5.74, 6) is 1.57. The molecule has 2 heteroatoms. The number of benzene rings is 1. The van der Waals surface area contributed by atoms with Gasteiger partial charge in [0.15, 0.2) is 0 Å². The molecule has 2 aromatic rings. The van der Waals surface area contributed by atoms with Gasteiger partial charge in [0.25, 0.3) is 0 Å². The molecule has 0 aliphatic rings. The summed E-state index contributed by atoms with van der Waals surface area (Å²) in [5, 5.41) is 4.29. The van der Waals surface area contributed by atoms with Gasteiger partial charge in [0.2, 0.25) is 0 Å². The van der Waals surface area contributed by atoms with E-state index in [4.69, 9.17) is 4.74 Å². The Morgan fingerprint density at radius 2 is 2.06 bits per heavy atom. The van der Waals surface area contributed by atoms with Gasteiger partial charge in [0.05, 0.1) is 6.61 Å². The van der Waals surface area contributed by atoms with Crippen LogP contribution < -0.4 is 4.74 Å². The van der Waals surface area contributed by atoms with E-state index in [1.165, 1.54) is 16.7 Å². The molecule has 0 spiro atoms. The lowest BCUT2D eigenvalue weighted by molar-refractivity contribution is 0.319. The Kier molecular flexibility index (Phi) is 4.43. The van der Waals surface area contributed by atoms with E-state index >= 15 is 0 Å². The molecule has 18 heavy (non-hydrogen) atoms. The largest absolute Gasteiger partial charge is 0.493 e. The van der Waals surface area contributed by atoms with Crippen molar-refractivity contribution >= 4 is 11.3 Å². The maximum atomic E-state index is 5.91. The molecule has 0 aliphatic heterocycles. The van der Waals surface area contributed by atoms with Gasteiger partial charge in [-0.25, -0.2) is 0 Å². The van der Waals surface area contributed by atoms with Gasteiger partial charge in [-0.15, -0.1) is 0 Å². The number of thiophene rings is 1. The van der Waals surface area contributed by atoms with Gasteiger partial charge in [-0.3, -0.25) is 0 Å². The summed E-state index contributed by atoms with van der Waals surface area (Å²) in [5.41, 5.74) is 3.91. The minimum atomic E-state index is 0.546. The topological polar surface area (TPSA) is 9.23 Å². The summed E-state index contributed by atoms with van der Waals surface area (Å²) >= 11 is 1.74. The van der Waals surface area contributed by atoms with Crippen molar-refractivity contribution in [2.75, 3.05) is 6.61 Å². The first-order chi connectivity index (χ1) is 8.66. The van der Waals surface area contributed by atoms with Crippen LogP contribution in [0.2, 0.25) is 0 Å². The summed E-state index contributed by atoms with van der Waals surface area (Å²) in [6, 6.07) is 8.67. The minimum Gasteiger partial charge on any atom is -0.493 e. The van der Waals surface area contributed by atoms with Crippen LogP contribution >= 0.6 is 11.3 Å². The zero-order valence-corrected chi connectivity index (χ0v) is 12.1. The molecule has 0 amide bonds. The first-order valence-electron chi connectivity index (χ1n) is 6.41. The second-order valence-corrected chi connectivity index (χ2v) is 5.69. The van der Waals surface area contributed by atoms with Crippen LogP contribution in [0.4, 0.5) is 0 Å². The zero-order valence-electron chi connectivity index (χ0n) is 11.3. The van der Waals surface area contributed by atoms with E-state index in [1.54, 1.807) is 11.3 Å².